The molecule has 0 saturated carbocycles. The van der Waals surface area contributed by atoms with Crippen molar-refractivity contribution in [1.82, 2.24) is 15.3 Å². The molecule has 2 aromatic heterocycles. The molecule has 2 heterocycles. The SMILES string of the molecule is CN=C(N=C(N)C(F)(F)F)C(=O)NC1CCCc2oc(-c3ccnc(C(F)(F)F)c3)nc21. The number of nitrogens with one attached hydrogen (secondary N) is 1. The van der Waals surface area contributed by atoms with Gasteiger partial charge in [-0.25, -0.2) is 9.98 Å². The van der Waals surface area contributed by atoms with Crippen molar-refractivity contribution in [3.05, 3.63) is 35.5 Å². The van der Waals surface area contributed by atoms with Crippen LogP contribution in [0.3, 0.4) is 0 Å². The fourth-order valence-electron chi connectivity index (χ4n) is 3.00. The summed E-state index contributed by atoms with van der Waals surface area (Å²) < 4.78 is 82.1. The van der Waals surface area contributed by atoms with Crippen molar-refractivity contribution in [2.45, 2.75) is 37.7 Å². The molecule has 1 amide bonds. The molecule has 8 nitrogen and oxygen atoms in total. The van der Waals surface area contributed by atoms with E-state index >= 15 is 0 Å². The summed E-state index contributed by atoms with van der Waals surface area (Å²) in [7, 11) is 1.07. The number of oxazole rings is 1. The van der Waals surface area contributed by atoms with Gasteiger partial charge in [-0.1, -0.05) is 0 Å². The van der Waals surface area contributed by atoms with Crippen LogP contribution < -0.4 is 11.1 Å². The molecule has 0 fully saturated rings. The van der Waals surface area contributed by atoms with Crippen molar-refractivity contribution in [3.63, 3.8) is 0 Å². The fraction of sp³-hybridized carbons (Fsp3) is 0.389. The van der Waals surface area contributed by atoms with Crippen LogP contribution in [0.2, 0.25) is 0 Å². The van der Waals surface area contributed by atoms with Gasteiger partial charge in [0.15, 0.2) is 0 Å². The lowest BCUT2D eigenvalue weighted by molar-refractivity contribution is -0.141. The van der Waals surface area contributed by atoms with Gasteiger partial charge in [-0.2, -0.15) is 26.3 Å². The quantitative estimate of drug-likeness (QED) is 0.404. The number of nitrogens with two attached hydrogens (primary N) is 1. The number of nitrogens with zero attached hydrogens (tertiary/aromatic N) is 4. The molecule has 2 aromatic rings. The van der Waals surface area contributed by atoms with Crippen LogP contribution in [0.1, 0.15) is 36.0 Å². The predicted octanol–water partition coefficient (Wildman–Crippen LogP) is 3.20. The number of alkyl halides is 6. The van der Waals surface area contributed by atoms with Gasteiger partial charge in [-0.3, -0.25) is 14.8 Å². The molecular formula is C18H16F6N6O2. The van der Waals surface area contributed by atoms with E-state index in [9.17, 15) is 31.1 Å². The Morgan fingerprint density at radius 2 is 2.00 bits per heavy atom. The molecule has 1 unspecified atom stereocenters. The third-order valence-corrected chi connectivity index (χ3v) is 4.49. The number of hydrogen-bond acceptors (Lipinski definition) is 5. The Morgan fingerprint density at radius 1 is 1.28 bits per heavy atom. The van der Waals surface area contributed by atoms with Crippen molar-refractivity contribution in [1.29, 1.82) is 0 Å². The molecule has 14 heteroatoms. The smallest absolute Gasteiger partial charge is 0.441 e. The highest BCUT2D eigenvalue weighted by atomic mass is 19.4. The van der Waals surface area contributed by atoms with Gasteiger partial charge in [0.25, 0.3) is 5.91 Å². The summed E-state index contributed by atoms with van der Waals surface area (Å²) in [4.78, 5) is 26.3. The Kier molecular flexibility index (Phi) is 6.23. The number of carbonyl (C=O) groups excluding carboxylic acids is 1. The first-order chi connectivity index (χ1) is 14.9. The van der Waals surface area contributed by atoms with E-state index < -0.39 is 41.7 Å². The number of pyridine rings is 1. The lowest BCUT2D eigenvalue weighted by atomic mass is 9.97. The van der Waals surface area contributed by atoms with Crippen molar-refractivity contribution in [3.8, 4) is 11.5 Å². The van der Waals surface area contributed by atoms with Crippen molar-refractivity contribution in [2.75, 3.05) is 7.05 Å². The molecule has 0 aliphatic heterocycles. The third-order valence-electron chi connectivity index (χ3n) is 4.49. The average Bonchev–Trinajstić information content (AvgIpc) is 3.16. The topological polar surface area (TPSA) is 119 Å². The summed E-state index contributed by atoms with van der Waals surface area (Å²) >= 11 is 0. The van der Waals surface area contributed by atoms with E-state index in [0.29, 0.717) is 25.0 Å². The lowest BCUT2D eigenvalue weighted by Gasteiger charge is -2.21. The number of rotatable bonds is 2. The van der Waals surface area contributed by atoms with E-state index in [1.807, 2.05) is 0 Å². The van der Waals surface area contributed by atoms with E-state index in [2.05, 4.69) is 25.3 Å². The molecule has 3 rings (SSSR count). The number of amidine groups is 2. The third kappa shape index (κ3) is 5.06. The lowest BCUT2D eigenvalue weighted by Crippen LogP contribution is -2.38. The van der Waals surface area contributed by atoms with Gasteiger partial charge in [0, 0.05) is 25.2 Å². The number of aromatic nitrogens is 2. The van der Waals surface area contributed by atoms with Crippen LogP contribution in [0, 0.1) is 0 Å². The van der Waals surface area contributed by atoms with Gasteiger partial charge in [-0.15, -0.1) is 0 Å². The first-order valence-electron chi connectivity index (χ1n) is 9.12. The Bertz CT molecular complexity index is 1070. The highest BCUT2D eigenvalue weighted by Crippen LogP contribution is 2.35. The molecule has 0 radical (unpaired) electrons. The normalized spacial score (nSPS) is 17.8. The number of aryl methyl sites for hydroxylation is 1. The number of amides is 1. The molecule has 0 aromatic carbocycles. The van der Waals surface area contributed by atoms with E-state index in [-0.39, 0.29) is 17.1 Å². The van der Waals surface area contributed by atoms with Gasteiger partial charge in [0.05, 0.1) is 6.04 Å². The summed E-state index contributed by atoms with van der Waals surface area (Å²) in [5.41, 5.74) is 4.00. The summed E-state index contributed by atoms with van der Waals surface area (Å²) in [6, 6.07) is 1.30. The highest BCUT2D eigenvalue weighted by Gasteiger charge is 2.36. The van der Waals surface area contributed by atoms with E-state index in [1.165, 1.54) is 6.07 Å². The van der Waals surface area contributed by atoms with Crippen LogP contribution in [-0.4, -0.2) is 40.8 Å². The second-order valence-electron chi connectivity index (χ2n) is 6.72. The van der Waals surface area contributed by atoms with Gasteiger partial charge >= 0.3 is 12.4 Å². The molecule has 32 heavy (non-hydrogen) atoms. The summed E-state index contributed by atoms with van der Waals surface area (Å²) in [6.45, 7) is 0. The number of fused-ring (bicyclic) bond motifs is 1. The van der Waals surface area contributed by atoms with Crippen LogP contribution >= 0.6 is 0 Å². The summed E-state index contributed by atoms with van der Waals surface area (Å²) in [5, 5.41) is 2.47. The first kappa shape index (κ1) is 23.2. The molecule has 0 spiro atoms. The minimum absolute atomic E-state index is 0.0326. The Hall–Kier alpha value is -3.45. The maximum atomic E-state index is 12.9. The zero-order chi connectivity index (χ0) is 23.7. The van der Waals surface area contributed by atoms with Crippen LogP contribution in [0.15, 0.2) is 32.7 Å². The number of hydrogen-bond donors (Lipinski definition) is 2. The molecule has 0 saturated heterocycles. The maximum absolute atomic E-state index is 12.9. The van der Waals surface area contributed by atoms with Crippen molar-refractivity contribution >= 4 is 17.6 Å². The van der Waals surface area contributed by atoms with Gasteiger partial charge in [-0.05, 0) is 25.0 Å². The first-order valence-corrected chi connectivity index (χ1v) is 9.12. The predicted molar refractivity (Wildman–Crippen MR) is 99.6 cm³/mol. The van der Waals surface area contributed by atoms with E-state index in [0.717, 1.165) is 19.3 Å². The van der Waals surface area contributed by atoms with Crippen LogP contribution in [0.25, 0.3) is 11.5 Å². The van der Waals surface area contributed by atoms with Gasteiger partial charge in [0.1, 0.15) is 17.1 Å². The zero-order valence-corrected chi connectivity index (χ0v) is 16.4. The number of aliphatic imine (C=N–C) groups is 2. The minimum atomic E-state index is -4.94. The van der Waals surface area contributed by atoms with E-state index in [4.69, 9.17) is 10.2 Å². The maximum Gasteiger partial charge on any atom is 0.449 e. The Morgan fingerprint density at radius 3 is 2.62 bits per heavy atom. The van der Waals surface area contributed by atoms with Crippen molar-refractivity contribution < 1.29 is 35.6 Å². The fourth-order valence-corrected chi connectivity index (χ4v) is 3.00. The Labute approximate surface area is 176 Å². The molecule has 1 aliphatic rings. The second kappa shape index (κ2) is 8.59. The standard InChI is InChI=1S/C18H16F6N6O2/c1-26-13(30-16(25)18(22,23)24)14(31)28-9-3-2-4-10-12(9)29-15(32-10)8-5-6-27-11(7-8)17(19,20)21/h5-7,9H,2-4H2,1H3,(H,28,31)(H2,25,26,30). The molecule has 1 atom stereocenters. The average molecular weight is 462 g/mol. The van der Waals surface area contributed by atoms with Crippen molar-refractivity contribution in [2.24, 2.45) is 15.7 Å². The van der Waals surface area contributed by atoms with E-state index in [1.54, 1.807) is 0 Å². The Balaban J connectivity index is 1.85. The van der Waals surface area contributed by atoms with Crippen LogP contribution in [0.4, 0.5) is 26.3 Å². The molecular weight excluding hydrogens is 446 g/mol. The minimum Gasteiger partial charge on any atom is -0.441 e. The van der Waals surface area contributed by atoms with Crippen LogP contribution in [-0.2, 0) is 17.4 Å². The number of halogens is 6. The number of carbonyl (C=O) groups is 1. The van der Waals surface area contributed by atoms with Crippen LogP contribution in [0.5, 0.6) is 0 Å². The zero-order valence-electron chi connectivity index (χ0n) is 16.4. The monoisotopic (exact) mass is 462 g/mol. The molecule has 3 N–H and O–H groups in total. The molecule has 0 bridgehead atoms. The molecule has 172 valence electrons. The largest absolute Gasteiger partial charge is 0.449 e. The highest BCUT2D eigenvalue weighted by molar-refractivity contribution is 6.40. The molecule has 1 aliphatic carbocycles. The summed E-state index contributed by atoms with van der Waals surface area (Å²) in [6.07, 6.45) is -7.32. The second-order valence-corrected chi connectivity index (χ2v) is 6.72. The van der Waals surface area contributed by atoms with Gasteiger partial charge < -0.3 is 15.5 Å². The van der Waals surface area contributed by atoms with Gasteiger partial charge in [0.2, 0.25) is 17.6 Å². The summed E-state index contributed by atoms with van der Waals surface area (Å²) in [5.74, 6) is -3.31.